The van der Waals surface area contributed by atoms with Crippen LogP contribution in [0.15, 0.2) is 29.3 Å². The quantitative estimate of drug-likeness (QED) is 0.334. The van der Waals surface area contributed by atoms with Gasteiger partial charge in [0.15, 0.2) is 15.8 Å². The lowest BCUT2D eigenvalue weighted by molar-refractivity contribution is -0.137. The van der Waals surface area contributed by atoms with E-state index in [1.54, 1.807) is 6.07 Å². The highest BCUT2D eigenvalue weighted by Crippen LogP contribution is 2.31. The molecule has 0 bridgehead atoms. The van der Waals surface area contributed by atoms with E-state index in [-0.39, 0.29) is 47.4 Å². The smallest absolute Gasteiger partial charge is 0.357 e. The zero-order valence-electron chi connectivity index (χ0n) is 15.9. The van der Waals surface area contributed by atoms with Crippen molar-refractivity contribution in [2.75, 3.05) is 24.6 Å². The first-order valence-corrected chi connectivity index (χ1v) is 10.9. The van der Waals surface area contributed by atoms with Gasteiger partial charge >= 0.3 is 6.18 Å². The summed E-state index contributed by atoms with van der Waals surface area (Å²) in [7, 11) is -2.98. The molecular formula is C18H27F3IN3O2S. The first kappa shape index (κ1) is 25.0. The molecule has 160 valence electrons. The summed E-state index contributed by atoms with van der Waals surface area (Å²) in [5.41, 5.74) is -0.0207. The van der Waals surface area contributed by atoms with Gasteiger partial charge in [-0.1, -0.05) is 25.1 Å². The minimum atomic E-state index is -4.35. The summed E-state index contributed by atoms with van der Waals surface area (Å²) in [6, 6.07) is 5.20. The molecule has 0 aromatic heterocycles. The van der Waals surface area contributed by atoms with E-state index >= 15 is 0 Å². The Hall–Kier alpha value is -1.04. The predicted octanol–water partition coefficient (Wildman–Crippen LogP) is 3.56. The fourth-order valence-corrected chi connectivity index (χ4v) is 4.65. The standard InChI is InChI=1S/C18H26F3N3O2S.HI/c1-3-22-17(24-16-8-10-27(25,26)12-16)23-9-7-13(2)14-5-4-6-15(11-14)18(19,20)21;/h4-6,11,13,16H,3,7-10,12H2,1-2H3,(H2,22,23,24);1H. The van der Waals surface area contributed by atoms with Crippen molar-refractivity contribution in [1.29, 1.82) is 0 Å². The van der Waals surface area contributed by atoms with Gasteiger partial charge in [-0.3, -0.25) is 4.99 Å². The Balaban J connectivity index is 0.00000392. The topological polar surface area (TPSA) is 70.6 Å². The molecule has 0 radical (unpaired) electrons. The number of hydrogen-bond donors (Lipinski definition) is 2. The predicted molar refractivity (Wildman–Crippen MR) is 116 cm³/mol. The molecule has 1 aromatic carbocycles. The number of alkyl halides is 3. The molecule has 2 atom stereocenters. The molecule has 1 aliphatic rings. The number of halogens is 4. The van der Waals surface area contributed by atoms with Gasteiger partial charge in [0, 0.05) is 19.1 Å². The summed E-state index contributed by atoms with van der Waals surface area (Å²) >= 11 is 0. The van der Waals surface area contributed by atoms with E-state index in [0.717, 1.165) is 6.07 Å². The number of nitrogens with zero attached hydrogens (tertiary/aromatic N) is 1. The van der Waals surface area contributed by atoms with E-state index < -0.39 is 21.6 Å². The molecule has 2 rings (SSSR count). The summed E-state index contributed by atoms with van der Waals surface area (Å²) in [5, 5.41) is 6.20. The van der Waals surface area contributed by atoms with Crippen LogP contribution in [0, 0.1) is 0 Å². The minimum absolute atomic E-state index is 0. The van der Waals surface area contributed by atoms with Crippen molar-refractivity contribution in [3.8, 4) is 0 Å². The van der Waals surface area contributed by atoms with Crippen molar-refractivity contribution >= 4 is 39.8 Å². The molecule has 1 aromatic rings. The number of guanidine groups is 1. The Labute approximate surface area is 181 Å². The average Bonchev–Trinajstić information content (AvgIpc) is 2.93. The van der Waals surface area contributed by atoms with Crippen LogP contribution in [0.2, 0.25) is 0 Å². The summed E-state index contributed by atoms with van der Waals surface area (Å²) in [4.78, 5) is 4.44. The zero-order valence-corrected chi connectivity index (χ0v) is 19.1. The lowest BCUT2D eigenvalue weighted by Gasteiger charge is -2.17. The molecular weight excluding hydrogens is 506 g/mol. The lowest BCUT2D eigenvalue weighted by atomic mass is 9.96. The van der Waals surface area contributed by atoms with Crippen molar-refractivity contribution in [2.45, 2.75) is 44.8 Å². The Morgan fingerprint density at radius 2 is 2.07 bits per heavy atom. The van der Waals surface area contributed by atoms with Gasteiger partial charge in [-0.25, -0.2) is 8.42 Å². The van der Waals surface area contributed by atoms with Crippen molar-refractivity contribution in [1.82, 2.24) is 10.6 Å². The molecule has 0 spiro atoms. The SMILES string of the molecule is CCNC(=NCCC(C)c1cccc(C(F)(F)F)c1)NC1CCS(=O)(=O)C1.I. The molecule has 0 saturated carbocycles. The van der Waals surface area contributed by atoms with Crippen LogP contribution in [0.1, 0.15) is 43.7 Å². The van der Waals surface area contributed by atoms with Gasteiger partial charge in [0.1, 0.15) is 0 Å². The molecule has 0 aliphatic carbocycles. The minimum Gasteiger partial charge on any atom is -0.357 e. The van der Waals surface area contributed by atoms with E-state index in [1.165, 1.54) is 12.1 Å². The van der Waals surface area contributed by atoms with Crippen LogP contribution in [-0.2, 0) is 16.0 Å². The van der Waals surface area contributed by atoms with Crippen molar-refractivity contribution in [3.63, 3.8) is 0 Å². The number of aliphatic imine (C=N–C) groups is 1. The highest BCUT2D eigenvalue weighted by atomic mass is 127. The maximum absolute atomic E-state index is 12.8. The van der Waals surface area contributed by atoms with Crippen molar-refractivity contribution in [2.24, 2.45) is 4.99 Å². The average molecular weight is 533 g/mol. The fourth-order valence-electron chi connectivity index (χ4n) is 2.98. The third-order valence-electron chi connectivity index (χ3n) is 4.53. The Morgan fingerprint density at radius 3 is 2.64 bits per heavy atom. The third kappa shape index (κ3) is 7.76. The Morgan fingerprint density at radius 1 is 1.36 bits per heavy atom. The van der Waals surface area contributed by atoms with Gasteiger partial charge in [0.05, 0.1) is 17.1 Å². The number of benzene rings is 1. The Kier molecular flexibility index (Phi) is 9.51. The van der Waals surface area contributed by atoms with Gasteiger partial charge in [0.25, 0.3) is 0 Å². The highest BCUT2D eigenvalue weighted by Gasteiger charge is 2.31. The highest BCUT2D eigenvalue weighted by molar-refractivity contribution is 14.0. The van der Waals surface area contributed by atoms with Crippen LogP contribution in [0.3, 0.4) is 0 Å². The third-order valence-corrected chi connectivity index (χ3v) is 6.30. The van der Waals surface area contributed by atoms with Crippen LogP contribution in [0.5, 0.6) is 0 Å². The first-order chi connectivity index (χ1) is 12.6. The second kappa shape index (κ2) is 10.7. The molecule has 10 heteroatoms. The van der Waals surface area contributed by atoms with Crippen LogP contribution in [0.4, 0.5) is 13.2 Å². The molecule has 1 saturated heterocycles. The van der Waals surface area contributed by atoms with Gasteiger partial charge in [-0.2, -0.15) is 13.2 Å². The Bertz CT molecular complexity index is 770. The second-order valence-corrected chi connectivity index (χ2v) is 9.05. The van der Waals surface area contributed by atoms with Crippen LogP contribution in [-0.4, -0.2) is 45.0 Å². The maximum Gasteiger partial charge on any atom is 0.416 e. The number of sulfone groups is 1. The fraction of sp³-hybridized carbons (Fsp3) is 0.611. The van der Waals surface area contributed by atoms with Gasteiger partial charge in [0.2, 0.25) is 0 Å². The monoisotopic (exact) mass is 533 g/mol. The number of hydrogen-bond acceptors (Lipinski definition) is 3. The largest absolute Gasteiger partial charge is 0.416 e. The summed E-state index contributed by atoms with van der Waals surface area (Å²) in [6.45, 7) is 4.84. The number of rotatable bonds is 6. The molecule has 0 amide bonds. The second-order valence-electron chi connectivity index (χ2n) is 6.82. The molecule has 2 N–H and O–H groups in total. The van der Waals surface area contributed by atoms with E-state index in [1.807, 2.05) is 13.8 Å². The van der Waals surface area contributed by atoms with Gasteiger partial charge in [-0.15, -0.1) is 24.0 Å². The zero-order chi connectivity index (χ0) is 20.1. The van der Waals surface area contributed by atoms with Crippen molar-refractivity contribution in [3.05, 3.63) is 35.4 Å². The molecule has 1 aliphatic heterocycles. The molecule has 1 heterocycles. The molecule has 5 nitrogen and oxygen atoms in total. The molecule has 28 heavy (non-hydrogen) atoms. The normalized spacial score (nSPS) is 20.3. The summed E-state index contributed by atoms with van der Waals surface area (Å²) in [5.74, 6) is 0.732. The maximum atomic E-state index is 12.8. The van der Waals surface area contributed by atoms with E-state index in [0.29, 0.717) is 37.5 Å². The summed E-state index contributed by atoms with van der Waals surface area (Å²) in [6.07, 6.45) is -3.22. The van der Waals surface area contributed by atoms with Crippen LogP contribution >= 0.6 is 24.0 Å². The molecule has 2 unspecified atom stereocenters. The van der Waals surface area contributed by atoms with Crippen LogP contribution < -0.4 is 10.6 Å². The van der Waals surface area contributed by atoms with Crippen molar-refractivity contribution < 1.29 is 21.6 Å². The van der Waals surface area contributed by atoms with E-state index in [2.05, 4.69) is 15.6 Å². The van der Waals surface area contributed by atoms with Gasteiger partial charge < -0.3 is 10.6 Å². The van der Waals surface area contributed by atoms with E-state index in [4.69, 9.17) is 0 Å². The number of nitrogens with one attached hydrogen (secondary N) is 2. The van der Waals surface area contributed by atoms with E-state index in [9.17, 15) is 21.6 Å². The van der Waals surface area contributed by atoms with Gasteiger partial charge in [-0.05, 0) is 37.3 Å². The summed E-state index contributed by atoms with van der Waals surface area (Å²) < 4.78 is 61.6. The van der Waals surface area contributed by atoms with Crippen LogP contribution in [0.25, 0.3) is 0 Å². The first-order valence-electron chi connectivity index (χ1n) is 9.03. The lowest BCUT2D eigenvalue weighted by Crippen LogP contribution is -2.44. The molecule has 1 fully saturated rings.